The molecule has 0 saturated carbocycles. The molecular formula is C11H18N4O3. The first-order chi connectivity index (χ1) is 8.59. The van der Waals surface area contributed by atoms with Crippen LogP contribution in [0.1, 0.15) is 38.1 Å². The molecule has 0 aliphatic rings. The van der Waals surface area contributed by atoms with Crippen molar-refractivity contribution in [2.24, 2.45) is 0 Å². The topological polar surface area (TPSA) is 107 Å². The lowest BCUT2D eigenvalue weighted by Gasteiger charge is -2.12. The maximum atomic E-state index is 11.5. The summed E-state index contributed by atoms with van der Waals surface area (Å²) in [6.07, 6.45) is 4.65. The van der Waals surface area contributed by atoms with E-state index in [1.807, 2.05) is 6.92 Å². The summed E-state index contributed by atoms with van der Waals surface area (Å²) in [7, 11) is 0. The Hall–Kier alpha value is -2.05. The summed E-state index contributed by atoms with van der Waals surface area (Å²) in [5.74, 6) is -0.123. The van der Waals surface area contributed by atoms with Crippen molar-refractivity contribution >= 4 is 12.0 Å². The van der Waals surface area contributed by atoms with Crippen LogP contribution in [0.2, 0.25) is 0 Å². The molecule has 18 heavy (non-hydrogen) atoms. The highest BCUT2D eigenvalue weighted by Crippen LogP contribution is 2.04. The fraction of sp³-hybridized carbons (Fsp3) is 0.545. The Kier molecular flexibility index (Phi) is 5.69. The van der Waals surface area contributed by atoms with Gasteiger partial charge in [0.2, 0.25) is 0 Å². The van der Waals surface area contributed by atoms with Gasteiger partial charge in [0.1, 0.15) is 5.82 Å². The second-order valence-electron chi connectivity index (χ2n) is 3.95. The van der Waals surface area contributed by atoms with Gasteiger partial charge in [-0.25, -0.2) is 9.78 Å². The van der Waals surface area contributed by atoms with E-state index in [0.29, 0.717) is 25.2 Å². The number of H-pyrrole nitrogens is 1. The van der Waals surface area contributed by atoms with Crippen LogP contribution in [0, 0.1) is 0 Å². The molecular weight excluding hydrogens is 236 g/mol. The van der Waals surface area contributed by atoms with E-state index in [9.17, 15) is 9.59 Å². The minimum absolute atomic E-state index is 0.131. The van der Waals surface area contributed by atoms with Crippen molar-refractivity contribution in [2.75, 3.05) is 6.54 Å². The molecule has 1 aromatic heterocycles. The van der Waals surface area contributed by atoms with Gasteiger partial charge in [0.25, 0.3) is 0 Å². The molecule has 1 aromatic rings. The lowest BCUT2D eigenvalue weighted by Crippen LogP contribution is -2.37. The second-order valence-corrected chi connectivity index (χ2v) is 3.95. The highest BCUT2D eigenvalue weighted by Gasteiger charge is 2.10. The highest BCUT2D eigenvalue weighted by molar-refractivity contribution is 5.74. The second kappa shape index (κ2) is 7.31. The number of unbranched alkanes of at least 4 members (excludes halogenated alkanes) is 1. The Morgan fingerprint density at radius 2 is 2.28 bits per heavy atom. The van der Waals surface area contributed by atoms with Gasteiger partial charge in [-0.05, 0) is 19.8 Å². The van der Waals surface area contributed by atoms with Crippen LogP contribution in [0.25, 0.3) is 0 Å². The molecule has 0 fully saturated rings. The number of amides is 2. The molecule has 0 bridgehead atoms. The summed E-state index contributed by atoms with van der Waals surface area (Å²) in [5, 5.41) is 13.8. The van der Waals surface area contributed by atoms with Crippen molar-refractivity contribution < 1.29 is 14.7 Å². The highest BCUT2D eigenvalue weighted by atomic mass is 16.4. The number of hydrogen-bond donors (Lipinski definition) is 4. The molecule has 0 spiro atoms. The molecule has 0 aliphatic heterocycles. The summed E-state index contributed by atoms with van der Waals surface area (Å²) in [5.41, 5.74) is 0. The largest absolute Gasteiger partial charge is 0.481 e. The number of urea groups is 1. The number of hydrogen-bond acceptors (Lipinski definition) is 3. The summed E-state index contributed by atoms with van der Waals surface area (Å²) < 4.78 is 0. The van der Waals surface area contributed by atoms with Crippen LogP contribution < -0.4 is 10.6 Å². The average Bonchev–Trinajstić information content (AvgIpc) is 2.81. The molecule has 0 aliphatic carbocycles. The molecule has 4 N–H and O–H groups in total. The Balaban J connectivity index is 2.12. The van der Waals surface area contributed by atoms with E-state index in [0.717, 1.165) is 0 Å². The Bertz CT molecular complexity index is 378. The van der Waals surface area contributed by atoms with E-state index >= 15 is 0 Å². The predicted octanol–water partition coefficient (Wildman–Crippen LogP) is 1.02. The van der Waals surface area contributed by atoms with Crippen LogP contribution in [0.4, 0.5) is 4.79 Å². The van der Waals surface area contributed by atoms with Crippen molar-refractivity contribution in [3.63, 3.8) is 0 Å². The van der Waals surface area contributed by atoms with Gasteiger partial charge >= 0.3 is 12.0 Å². The normalized spacial score (nSPS) is 11.8. The van der Waals surface area contributed by atoms with Gasteiger partial charge in [-0.3, -0.25) is 4.79 Å². The number of carbonyl (C=O) groups is 2. The van der Waals surface area contributed by atoms with E-state index in [1.54, 1.807) is 12.4 Å². The number of nitrogens with one attached hydrogen (secondary N) is 3. The minimum atomic E-state index is -0.814. The standard InChI is InChI=1S/C11H18N4O3/c1-8(10-12-6-7-13-10)15-11(18)14-5-3-2-4-9(16)17/h6-8H,2-5H2,1H3,(H,12,13)(H,16,17)(H2,14,15,18). The maximum absolute atomic E-state index is 11.5. The van der Waals surface area contributed by atoms with E-state index in [1.165, 1.54) is 0 Å². The smallest absolute Gasteiger partial charge is 0.315 e. The third kappa shape index (κ3) is 5.33. The van der Waals surface area contributed by atoms with Gasteiger partial charge in [0, 0.05) is 25.4 Å². The number of carboxylic acid groups (broad SMARTS) is 1. The van der Waals surface area contributed by atoms with Crippen LogP contribution in [0.15, 0.2) is 12.4 Å². The minimum Gasteiger partial charge on any atom is -0.481 e. The van der Waals surface area contributed by atoms with Gasteiger partial charge in [0.15, 0.2) is 0 Å². The van der Waals surface area contributed by atoms with E-state index in [4.69, 9.17) is 5.11 Å². The summed E-state index contributed by atoms with van der Waals surface area (Å²) >= 11 is 0. The molecule has 0 radical (unpaired) electrons. The summed E-state index contributed by atoms with van der Waals surface area (Å²) in [6, 6.07) is -0.478. The number of aliphatic carboxylic acids is 1. The molecule has 7 heteroatoms. The quantitative estimate of drug-likeness (QED) is 0.545. The molecule has 1 unspecified atom stereocenters. The Labute approximate surface area is 105 Å². The number of carbonyl (C=O) groups excluding carboxylic acids is 1. The van der Waals surface area contributed by atoms with Gasteiger partial charge < -0.3 is 20.7 Å². The number of aromatic nitrogens is 2. The third-order valence-corrected chi connectivity index (χ3v) is 2.38. The van der Waals surface area contributed by atoms with Crippen molar-refractivity contribution in [1.82, 2.24) is 20.6 Å². The van der Waals surface area contributed by atoms with Gasteiger partial charge in [0.05, 0.1) is 6.04 Å². The number of aromatic amines is 1. The van der Waals surface area contributed by atoms with Crippen molar-refractivity contribution in [2.45, 2.75) is 32.2 Å². The maximum Gasteiger partial charge on any atom is 0.315 e. The van der Waals surface area contributed by atoms with Crippen LogP contribution in [0.3, 0.4) is 0 Å². The zero-order chi connectivity index (χ0) is 13.4. The zero-order valence-corrected chi connectivity index (χ0v) is 10.3. The molecule has 1 heterocycles. The number of carboxylic acids is 1. The molecule has 2 amide bonds. The van der Waals surface area contributed by atoms with Crippen LogP contribution >= 0.6 is 0 Å². The van der Waals surface area contributed by atoms with Crippen molar-refractivity contribution in [3.05, 3.63) is 18.2 Å². The molecule has 0 saturated heterocycles. The first-order valence-corrected chi connectivity index (χ1v) is 5.85. The molecule has 1 rings (SSSR count). The van der Waals surface area contributed by atoms with Crippen LogP contribution in [0.5, 0.6) is 0 Å². The van der Waals surface area contributed by atoms with Crippen molar-refractivity contribution in [1.29, 1.82) is 0 Å². The van der Waals surface area contributed by atoms with E-state index < -0.39 is 5.97 Å². The zero-order valence-electron chi connectivity index (χ0n) is 10.3. The average molecular weight is 254 g/mol. The molecule has 7 nitrogen and oxygen atoms in total. The van der Waals surface area contributed by atoms with Crippen LogP contribution in [-0.2, 0) is 4.79 Å². The van der Waals surface area contributed by atoms with Gasteiger partial charge in [-0.1, -0.05) is 0 Å². The molecule has 0 aromatic carbocycles. The number of nitrogens with zero attached hydrogens (tertiary/aromatic N) is 1. The number of rotatable bonds is 7. The summed E-state index contributed by atoms with van der Waals surface area (Å²) in [4.78, 5) is 28.7. The monoisotopic (exact) mass is 254 g/mol. The predicted molar refractivity (Wildman–Crippen MR) is 65.0 cm³/mol. The lowest BCUT2D eigenvalue weighted by atomic mass is 10.2. The Morgan fingerprint density at radius 3 is 2.89 bits per heavy atom. The first-order valence-electron chi connectivity index (χ1n) is 5.85. The van der Waals surface area contributed by atoms with Gasteiger partial charge in [-0.15, -0.1) is 0 Å². The fourth-order valence-corrected chi connectivity index (χ4v) is 1.43. The molecule has 100 valence electrons. The van der Waals surface area contributed by atoms with Crippen molar-refractivity contribution in [3.8, 4) is 0 Å². The van der Waals surface area contributed by atoms with Crippen LogP contribution in [-0.4, -0.2) is 33.6 Å². The number of imidazole rings is 1. The fourth-order valence-electron chi connectivity index (χ4n) is 1.43. The third-order valence-electron chi connectivity index (χ3n) is 2.38. The van der Waals surface area contributed by atoms with E-state index in [2.05, 4.69) is 20.6 Å². The van der Waals surface area contributed by atoms with Gasteiger partial charge in [-0.2, -0.15) is 0 Å². The lowest BCUT2D eigenvalue weighted by molar-refractivity contribution is -0.137. The summed E-state index contributed by atoms with van der Waals surface area (Å²) in [6.45, 7) is 2.28. The molecule has 1 atom stereocenters. The van der Waals surface area contributed by atoms with E-state index in [-0.39, 0.29) is 18.5 Å². The SMILES string of the molecule is CC(NC(=O)NCCCCC(=O)O)c1ncc[nH]1. The Morgan fingerprint density at radius 1 is 1.50 bits per heavy atom. The first kappa shape index (κ1) is 14.0.